The van der Waals surface area contributed by atoms with Crippen molar-refractivity contribution in [1.82, 2.24) is 19.8 Å². The minimum atomic E-state index is -5.02. The average molecular weight is 565 g/mol. The molecule has 212 valence electrons. The highest BCUT2D eigenvalue weighted by Crippen LogP contribution is 2.38. The summed E-state index contributed by atoms with van der Waals surface area (Å²) >= 11 is 0. The molecule has 3 heterocycles. The molecule has 2 aliphatic heterocycles. The summed E-state index contributed by atoms with van der Waals surface area (Å²) in [5, 5.41) is 2.24. The fourth-order valence-corrected chi connectivity index (χ4v) is 4.80. The highest BCUT2D eigenvalue weighted by atomic mass is 19.4. The predicted octanol–water partition coefficient (Wildman–Crippen LogP) is 5.52. The van der Waals surface area contributed by atoms with Crippen LogP contribution in [0.15, 0.2) is 48.5 Å². The number of rotatable bonds is 3. The van der Waals surface area contributed by atoms with Crippen molar-refractivity contribution < 1.29 is 31.1 Å². The summed E-state index contributed by atoms with van der Waals surface area (Å²) in [5.41, 5.74) is -1.28. The molecule has 0 unspecified atom stereocenters. The molecular formula is C27H26F6N6O. The van der Waals surface area contributed by atoms with E-state index < -0.39 is 35.2 Å². The SMILES string of the molecule is CN1CCN(c2nc(-c3ccccc3)nc3c2CN(C(=O)Nc2cc(C(F)(F)F)cc(C(F)(F)F)c2)CC3)CC1. The summed E-state index contributed by atoms with van der Waals surface area (Å²) in [6.07, 6.45) is -9.69. The number of likely N-dealkylation sites (N-methyl/N-ethyl adjacent to an activating group) is 1. The normalized spacial score (nSPS) is 16.6. The van der Waals surface area contributed by atoms with Crippen LogP contribution in [-0.4, -0.2) is 65.6 Å². The van der Waals surface area contributed by atoms with Crippen molar-refractivity contribution in [2.24, 2.45) is 0 Å². The first-order valence-corrected chi connectivity index (χ1v) is 12.6. The summed E-state index contributed by atoms with van der Waals surface area (Å²) < 4.78 is 79.7. The van der Waals surface area contributed by atoms with Gasteiger partial charge in [-0.3, -0.25) is 0 Å². The van der Waals surface area contributed by atoms with Crippen LogP contribution >= 0.6 is 0 Å². The molecule has 1 N–H and O–H groups in total. The molecule has 2 aromatic carbocycles. The third-order valence-electron chi connectivity index (χ3n) is 7.00. The Morgan fingerprint density at radius 2 is 1.48 bits per heavy atom. The molecule has 1 aromatic heterocycles. The molecule has 0 saturated carbocycles. The van der Waals surface area contributed by atoms with Crippen LogP contribution in [0.1, 0.15) is 22.4 Å². The number of hydrogen-bond acceptors (Lipinski definition) is 5. The van der Waals surface area contributed by atoms with Gasteiger partial charge < -0.3 is 20.0 Å². The van der Waals surface area contributed by atoms with Gasteiger partial charge in [0.2, 0.25) is 0 Å². The van der Waals surface area contributed by atoms with E-state index in [1.807, 2.05) is 37.4 Å². The van der Waals surface area contributed by atoms with Crippen molar-refractivity contribution in [3.05, 3.63) is 70.9 Å². The first kappa shape index (κ1) is 27.7. The number of alkyl halides is 6. The van der Waals surface area contributed by atoms with Gasteiger partial charge in [-0.25, -0.2) is 14.8 Å². The van der Waals surface area contributed by atoms with Gasteiger partial charge in [0.1, 0.15) is 5.82 Å². The number of carbonyl (C=O) groups excluding carboxylic acids is 1. The van der Waals surface area contributed by atoms with Crippen LogP contribution in [0.4, 0.5) is 42.6 Å². The Labute approximate surface area is 226 Å². The maximum atomic E-state index is 13.3. The Morgan fingerprint density at radius 1 is 0.850 bits per heavy atom. The molecule has 2 amide bonds. The summed E-state index contributed by atoms with van der Waals surface area (Å²) in [5.74, 6) is 1.22. The molecule has 0 spiro atoms. The van der Waals surface area contributed by atoms with Crippen LogP contribution < -0.4 is 10.2 Å². The van der Waals surface area contributed by atoms with Crippen molar-refractivity contribution in [3.8, 4) is 11.4 Å². The second-order valence-electron chi connectivity index (χ2n) is 9.85. The van der Waals surface area contributed by atoms with E-state index in [9.17, 15) is 31.1 Å². The van der Waals surface area contributed by atoms with Crippen molar-refractivity contribution in [3.63, 3.8) is 0 Å². The molecule has 0 atom stereocenters. The lowest BCUT2D eigenvalue weighted by molar-refractivity contribution is -0.143. The molecule has 40 heavy (non-hydrogen) atoms. The zero-order valence-corrected chi connectivity index (χ0v) is 21.5. The Kier molecular flexibility index (Phi) is 7.34. The summed E-state index contributed by atoms with van der Waals surface area (Å²) in [4.78, 5) is 28.4. The lowest BCUT2D eigenvalue weighted by Crippen LogP contribution is -2.46. The number of anilines is 2. The second kappa shape index (κ2) is 10.6. The molecule has 5 rings (SSSR count). The maximum Gasteiger partial charge on any atom is 0.416 e. The van der Waals surface area contributed by atoms with Gasteiger partial charge in [0, 0.05) is 56.0 Å². The number of hydrogen-bond donors (Lipinski definition) is 1. The van der Waals surface area contributed by atoms with E-state index in [0.29, 0.717) is 48.8 Å². The zero-order valence-electron chi connectivity index (χ0n) is 21.5. The maximum absolute atomic E-state index is 13.3. The predicted molar refractivity (Wildman–Crippen MR) is 137 cm³/mol. The van der Waals surface area contributed by atoms with Gasteiger partial charge in [0.15, 0.2) is 5.82 Å². The number of benzene rings is 2. The van der Waals surface area contributed by atoms with Gasteiger partial charge in [-0.05, 0) is 25.2 Å². The van der Waals surface area contributed by atoms with Gasteiger partial charge in [-0.15, -0.1) is 0 Å². The standard InChI is InChI=1S/C27H26F6N6O/c1-37-9-11-38(12-10-37)24-21-16-39(8-7-22(21)35-23(36-24)17-5-3-2-4-6-17)25(40)34-20-14-18(26(28,29)30)13-19(15-20)27(31,32)33/h2-6,13-15H,7-12,16H2,1H3,(H,34,40). The number of halogens is 6. The highest BCUT2D eigenvalue weighted by Gasteiger charge is 2.37. The minimum absolute atomic E-state index is 0.0246. The molecule has 1 saturated heterocycles. The molecule has 1 fully saturated rings. The molecule has 0 aliphatic carbocycles. The van der Waals surface area contributed by atoms with Gasteiger partial charge in [0.05, 0.1) is 23.4 Å². The minimum Gasteiger partial charge on any atom is -0.354 e. The number of fused-ring (bicyclic) bond motifs is 1. The quantitative estimate of drug-likeness (QED) is 0.425. The number of nitrogens with zero attached hydrogens (tertiary/aromatic N) is 5. The Morgan fingerprint density at radius 3 is 2.08 bits per heavy atom. The van der Waals surface area contributed by atoms with Crippen LogP contribution in [0.3, 0.4) is 0 Å². The third kappa shape index (κ3) is 5.98. The van der Waals surface area contributed by atoms with Gasteiger partial charge in [-0.2, -0.15) is 26.3 Å². The molecule has 13 heteroatoms. The van der Waals surface area contributed by atoms with E-state index in [2.05, 4.69) is 15.1 Å². The average Bonchev–Trinajstić information content (AvgIpc) is 2.92. The second-order valence-corrected chi connectivity index (χ2v) is 9.85. The van der Waals surface area contributed by atoms with E-state index >= 15 is 0 Å². The van der Waals surface area contributed by atoms with E-state index in [1.54, 1.807) is 0 Å². The largest absolute Gasteiger partial charge is 0.416 e. The first-order valence-electron chi connectivity index (χ1n) is 12.6. The Hall–Kier alpha value is -3.87. The van der Waals surface area contributed by atoms with Crippen LogP contribution in [0.25, 0.3) is 11.4 Å². The smallest absolute Gasteiger partial charge is 0.354 e. The zero-order chi connectivity index (χ0) is 28.7. The Bertz CT molecular complexity index is 1350. The fraction of sp³-hybridized carbons (Fsp3) is 0.370. The lowest BCUT2D eigenvalue weighted by Gasteiger charge is -2.37. The summed E-state index contributed by atoms with van der Waals surface area (Å²) in [6.45, 7) is 3.25. The summed E-state index contributed by atoms with van der Waals surface area (Å²) in [7, 11) is 2.02. The number of nitrogens with one attached hydrogen (secondary N) is 1. The van der Waals surface area contributed by atoms with Crippen molar-refractivity contribution in [1.29, 1.82) is 0 Å². The molecule has 3 aromatic rings. The number of carbonyl (C=O) groups is 1. The van der Waals surface area contributed by atoms with Gasteiger partial charge in [0.25, 0.3) is 0 Å². The number of urea groups is 1. The van der Waals surface area contributed by atoms with Crippen LogP contribution in [0.2, 0.25) is 0 Å². The number of amides is 2. The van der Waals surface area contributed by atoms with Crippen LogP contribution in [0, 0.1) is 0 Å². The first-order chi connectivity index (χ1) is 18.9. The molecule has 0 radical (unpaired) electrons. The van der Waals surface area contributed by atoms with Crippen molar-refractivity contribution in [2.75, 3.05) is 50.0 Å². The highest BCUT2D eigenvalue weighted by molar-refractivity contribution is 5.90. The molecule has 7 nitrogen and oxygen atoms in total. The third-order valence-corrected chi connectivity index (χ3v) is 7.00. The van der Waals surface area contributed by atoms with Gasteiger partial charge in [-0.1, -0.05) is 30.3 Å². The molecule has 2 aliphatic rings. The van der Waals surface area contributed by atoms with E-state index in [-0.39, 0.29) is 19.2 Å². The lowest BCUT2D eigenvalue weighted by atomic mass is 10.0. The van der Waals surface area contributed by atoms with E-state index in [4.69, 9.17) is 9.97 Å². The van der Waals surface area contributed by atoms with Crippen LogP contribution in [0.5, 0.6) is 0 Å². The number of piperazine rings is 1. The molecular weight excluding hydrogens is 538 g/mol. The topological polar surface area (TPSA) is 64.6 Å². The van der Waals surface area contributed by atoms with E-state index in [0.717, 1.165) is 24.3 Å². The fourth-order valence-electron chi connectivity index (χ4n) is 4.80. The van der Waals surface area contributed by atoms with Gasteiger partial charge >= 0.3 is 18.4 Å². The molecule has 0 bridgehead atoms. The van der Waals surface area contributed by atoms with Crippen molar-refractivity contribution >= 4 is 17.5 Å². The monoisotopic (exact) mass is 564 g/mol. The van der Waals surface area contributed by atoms with Crippen LogP contribution in [-0.2, 0) is 25.3 Å². The number of aromatic nitrogens is 2. The Balaban J connectivity index is 1.44. The van der Waals surface area contributed by atoms with E-state index in [1.165, 1.54) is 4.90 Å². The van der Waals surface area contributed by atoms with Crippen molar-refractivity contribution in [2.45, 2.75) is 25.3 Å². The summed E-state index contributed by atoms with van der Waals surface area (Å²) in [6, 6.07) is 9.68.